The number of fused-ring (bicyclic) bond motifs is 1. The Labute approximate surface area is 162 Å². The van der Waals surface area contributed by atoms with Crippen molar-refractivity contribution in [3.8, 4) is 11.1 Å². The molecular weight excluding hydrogens is 399 g/mol. The van der Waals surface area contributed by atoms with Gasteiger partial charge in [0.1, 0.15) is 5.82 Å². The number of hydrogen-bond acceptors (Lipinski definition) is 4. The highest BCUT2D eigenvalue weighted by molar-refractivity contribution is 6.36. The van der Waals surface area contributed by atoms with Gasteiger partial charge >= 0.3 is 5.97 Å². The van der Waals surface area contributed by atoms with Crippen molar-refractivity contribution in [3.05, 3.63) is 51.9 Å². The van der Waals surface area contributed by atoms with Crippen LogP contribution >= 0.6 is 23.2 Å². The van der Waals surface area contributed by atoms with E-state index < -0.39 is 17.8 Å². The van der Waals surface area contributed by atoms with E-state index in [0.29, 0.717) is 27.6 Å². The van der Waals surface area contributed by atoms with Crippen LogP contribution in [0.5, 0.6) is 0 Å². The zero-order valence-electron chi connectivity index (χ0n) is 14.0. The lowest BCUT2D eigenvalue weighted by atomic mass is 10.0. The highest BCUT2D eigenvalue weighted by Gasteiger charge is 2.56. The van der Waals surface area contributed by atoms with E-state index in [1.54, 1.807) is 34.9 Å². The summed E-state index contributed by atoms with van der Waals surface area (Å²) in [5.41, 5.74) is 1.94. The fourth-order valence-corrected chi connectivity index (χ4v) is 3.56. The summed E-state index contributed by atoms with van der Waals surface area (Å²) in [5.74, 6) is -3.41. The predicted octanol–water partition coefficient (Wildman–Crippen LogP) is 4.69. The van der Waals surface area contributed by atoms with Crippen LogP contribution in [-0.4, -0.2) is 33.6 Å². The summed E-state index contributed by atoms with van der Waals surface area (Å²) in [6.07, 6.45) is 1.71. The van der Waals surface area contributed by atoms with Gasteiger partial charge in [0, 0.05) is 30.5 Å². The largest absolute Gasteiger partial charge is 0.465 e. The van der Waals surface area contributed by atoms with Gasteiger partial charge in [-0.25, -0.2) is 13.6 Å². The molecule has 5 nitrogen and oxygen atoms in total. The highest BCUT2D eigenvalue weighted by atomic mass is 35.5. The van der Waals surface area contributed by atoms with Crippen LogP contribution in [-0.2, 0) is 11.2 Å². The van der Waals surface area contributed by atoms with Crippen molar-refractivity contribution in [3.63, 3.8) is 0 Å². The maximum Gasteiger partial charge on any atom is 0.339 e. The first-order valence-electron chi connectivity index (χ1n) is 8.10. The third-order valence-corrected chi connectivity index (χ3v) is 5.34. The van der Waals surface area contributed by atoms with Crippen LogP contribution in [0.25, 0.3) is 16.8 Å². The molecule has 27 heavy (non-hydrogen) atoms. The molecule has 1 aliphatic rings. The van der Waals surface area contributed by atoms with E-state index in [2.05, 4.69) is 14.9 Å². The number of nitrogens with zero attached hydrogens (tertiary/aromatic N) is 3. The Balaban J connectivity index is 1.70. The minimum absolute atomic E-state index is 0.126. The third kappa shape index (κ3) is 3.15. The van der Waals surface area contributed by atoms with Crippen LogP contribution in [0.15, 0.2) is 30.5 Å². The zero-order chi connectivity index (χ0) is 19.3. The molecule has 0 bridgehead atoms. The Morgan fingerprint density at radius 3 is 2.70 bits per heavy atom. The number of carbonyl (C=O) groups excluding carboxylic acids is 1. The molecule has 0 radical (unpaired) electrons. The third-order valence-electron chi connectivity index (χ3n) is 4.66. The van der Waals surface area contributed by atoms with E-state index in [0.717, 1.165) is 0 Å². The van der Waals surface area contributed by atoms with Crippen LogP contribution in [0.1, 0.15) is 22.6 Å². The van der Waals surface area contributed by atoms with Gasteiger partial charge in [-0.1, -0.05) is 29.3 Å². The average Bonchev–Trinajstić information content (AvgIpc) is 3.03. The Hall–Kier alpha value is -2.25. The zero-order valence-corrected chi connectivity index (χ0v) is 15.6. The molecule has 9 heteroatoms. The molecular formula is C18H13Cl2F2N3O2. The van der Waals surface area contributed by atoms with Crippen LogP contribution < -0.4 is 0 Å². The van der Waals surface area contributed by atoms with Crippen LogP contribution in [0, 0.1) is 5.92 Å². The summed E-state index contributed by atoms with van der Waals surface area (Å²) in [5, 5.41) is 8.60. The molecule has 0 aliphatic heterocycles. The van der Waals surface area contributed by atoms with E-state index in [-0.39, 0.29) is 23.4 Å². The van der Waals surface area contributed by atoms with Gasteiger partial charge in [0.25, 0.3) is 5.92 Å². The number of benzene rings is 1. The second kappa shape index (κ2) is 6.42. The maximum absolute atomic E-state index is 13.2. The molecule has 1 aromatic carbocycles. The van der Waals surface area contributed by atoms with E-state index in [4.69, 9.17) is 23.2 Å². The van der Waals surface area contributed by atoms with Gasteiger partial charge in [-0.15, -0.1) is 10.2 Å². The van der Waals surface area contributed by atoms with E-state index in [1.165, 1.54) is 7.11 Å². The molecule has 1 atom stereocenters. The van der Waals surface area contributed by atoms with Gasteiger partial charge in [0.05, 0.1) is 22.7 Å². The molecule has 0 saturated heterocycles. The Morgan fingerprint density at radius 2 is 2.07 bits per heavy atom. The molecule has 2 aromatic heterocycles. The van der Waals surface area contributed by atoms with Gasteiger partial charge in [-0.05, 0) is 23.8 Å². The second-order valence-electron chi connectivity index (χ2n) is 6.41. The number of carbonyl (C=O) groups is 1. The number of hydrogen-bond donors (Lipinski definition) is 0. The number of halogens is 4. The molecule has 2 heterocycles. The lowest BCUT2D eigenvalue weighted by molar-refractivity contribution is 0.0601. The summed E-state index contributed by atoms with van der Waals surface area (Å²) in [6.45, 7) is 0. The first-order chi connectivity index (χ1) is 12.8. The normalized spacial score (nSPS) is 17.9. The lowest BCUT2D eigenvalue weighted by Crippen LogP contribution is -2.02. The number of rotatable bonds is 4. The summed E-state index contributed by atoms with van der Waals surface area (Å²) < 4.78 is 32.6. The quantitative estimate of drug-likeness (QED) is 0.584. The molecule has 1 saturated carbocycles. The van der Waals surface area contributed by atoms with Crippen molar-refractivity contribution in [2.75, 3.05) is 7.11 Å². The van der Waals surface area contributed by atoms with Gasteiger partial charge in [0.2, 0.25) is 0 Å². The SMILES string of the molecule is COC(=O)c1ccc(-c2ccn3c(CC4CC4(F)F)nnc3c2Cl)cc1Cl. The van der Waals surface area contributed by atoms with Crippen molar-refractivity contribution in [2.24, 2.45) is 5.92 Å². The van der Waals surface area contributed by atoms with Gasteiger partial charge in [0.15, 0.2) is 5.65 Å². The Kier molecular flexibility index (Phi) is 4.31. The number of aromatic nitrogens is 3. The smallest absolute Gasteiger partial charge is 0.339 e. The molecule has 1 unspecified atom stereocenters. The highest BCUT2D eigenvalue weighted by Crippen LogP contribution is 2.50. The monoisotopic (exact) mass is 411 g/mol. The van der Waals surface area contributed by atoms with E-state index in [1.807, 2.05) is 0 Å². The summed E-state index contributed by atoms with van der Waals surface area (Å²) >= 11 is 12.6. The van der Waals surface area contributed by atoms with Crippen molar-refractivity contribution >= 4 is 34.8 Å². The number of esters is 1. The number of pyridine rings is 1. The predicted molar refractivity (Wildman–Crippen MR) is 96.5 cm³/mol. The minimum atomic E-state index is -2.62. The first-order valence-corrected chi connectivity index (χ1v) is 8.85. The van der Waals surface area contributed by atoms with Crippen LogP contribution in [0.2, 0.25) is 10.0 Å². The lowest BCUT2D eigenvalue weighted by Gasteiger charge is -2.09. The molecule has 0 amide bonds. The summed E-state index contributed by atoms with van der Waals surface area (Å²) in [6, 6.07) is 6.58. The van der Waals surface area contributed by atoms with Gasteiger partial charge < -0.3 is 4.74 Å². The van der Waals surface area contributed by atoms with Crippen molar-refractivity contribution in [1.29, 1.82) is 0 Å². The number of ether oxygens (including phenoxy) is 1. The molecule has 0 spiro atoms. The molecule has 140 valence electrons. The van der Waals surface area contributed by atoms with Crippen molar-refractivity contribution in [2.45, 2.75) is 18.8 Å². The van der Waals surface area contributed by atoms with Crippen molar-refractivity contribution < 1.29 is 18.3 Å². The number of alkyl halides is 2. The molecule has 0 N–H and O–H groups in total. The maximum atomic E-state index is 13.2. The standard InChI is InChI=1S/C18H13Cl2F2N3O2/c1-27-17(26)12-3-2-9(6-13(12)19)11-4-5-25-14(7-10-8-18(10,21)22)23-24-16(25)15(11)20/h2-6,10H,7-8H2,1H3. The minimum Gasteiger partial charge on any atom is -0.465 e. The summed E-state index contributed by atoms with van der Waals surface area (Å²) in [4.78, 5) is 11.7. The second-order valence-corrected chi connectivity index (χ2v) is 7.19. The average molecular weight is 412 g/mol. The van der Waals surface area contributed by atoms with E-state index in [9.17, 15) is 13.6 Å². The summed E-state index contributed by atoms with van der Waals surface area (Å²) in [7, 11) is 1.28. The van der Waals surface area contributed by atoms with Crippen LogP contribution in [0.4, 0.5) is 8.78 Å². The molecule has 1 fully saturated rings. The number of methoxy groups -OCH3 is 1. The van der Waals surface area contributed by atoms with Gasteiger partial charge in [-0.2, -0.15) is 0 Å². The van der Waals surface area contributed by atoms with E-state index >= 15 is 0 Å². The topological polar surface area (TPSA) is 56.5 Å². The van der Waals surface area contributed by atoms with Crippen LogP contribution in [0.3, 0.4) is 0 Å². The molecule has 1 aliphatic carbocycles. The molecule has 3 aromatic rings. The van der Waals surface area contributed by atoms with Gasteiger partial charge in [-0.3, -0.25) is 4.40 Å². The first kappa shape index (κ1) is 18.1. The fraction of sp³-hybridized carbons (Fsp3) is 0.278. The Morgan fingerprint density at radius 1 is 1.33 bits per heavy atom. The van der Waals surface area contributed by atoms with Crippen molar-refractivity contribution in [1.82, 2.24) is 14.6 Å². The Bertz CT molecular complexity index is 1070. The fourth-order valence-electron chi connectivity index (χ4n) is 3.00. The molecule has 4 rings (SSSR count).